The Bertz CT molecular complexity index is 250. The van der Waals surface area contributed by atoms with Gasteiger partial charge in [0.15, 0.2) is 4.34 Å². The standard InChI is InChI=1S/C5H7NO2S2.Li/c1-2-4-3-6-5(9-4)10(7)8;/h3H,2H2,1H3,(H,7,8);/q;+1/p-1. The number of hydrogen-bond acceptors (Lipinski definition) is 4. The van der Waals surface area contributed by atoms with Crippen LogP contribution in [-0.4, -0.2) is 13.7 Å². The second-order valence-corrected chi connectivity index (χ2v) is 3.91. The van der Waals surface area contributed by atoms with Crippen molar-refractivity contribution in [1.29, 1.82) is 0 Å². The molecule has 1 unspecified atom stereocenters. The predicted octanol–water partition coefficient (Wildman–Crippen LogP) is -2.05. The number of nitrogens with zero attached hydrogens (tertiary/aromatic N) is 1. The molecule has 0 spiro atoms. The van der Waals surface area contributed by atoms with E-state index in [1.54, 1.807) is 6.20 Å². The van der Waals surface area contributed by atoms with Gasteiger partial charge in [-0.2, -0.15) is 0 Å². The smallest absolute Gasteiger partial charge is 0.767 e. The number of hydrogen-bond donors (Lipinski definition) is 0. The minimum Gasteiger partial charge on any atom is -0.767 e. The normalized spacial score (nSPS) is 12.2. The molecule has 0 radical (unpaired) electrons. The van der Waals surface area contributed by atoms with Gasteiger partial charge in [0, 0.05) is 22.2 Å². The van der Waals surface area contributed by atoms with Crippen LogP contribution < -0.4 is 18.9 Å². The summed E-state index contributed by atoms with van der Waals surface area (Å²) in [6.07, 6.45) is 2.44. The first kappa shape index (κ1) is 11.3. The van der Waals surface area contributed by atoms with E-state index in [1.807, 2.05) is 6.92 Å². The molecule has 0 N–H and O–H groups in total. The van der Waals surface area contributed by atoms with Crippen LogP contribution in [0.25, 0.3) is 0 Å². The van der Waals surface area contributed by atoms with Crippen molar-refractivity contribution in [2.75, 3.05) is 0 Å². The quantitative estimate of drug-likeness (QED) is 0.391. The van der Waals surface area contributed by atoms with Gasteiger partial charge in [-0.05, 0) is 6.42 Å². The van der Waals surface area contributed by atoms with Crippen molar-refractivity contribution >= 4 is 22.4 Å². The third-order valence-electron chi connectivity index (χ3n) is 1.02. The van der Waals surface area contributed by atoms with Crippen LogP contribution in [-0.2, 0) is 17.5 Å². The van der Waals surface area contributed by atoms with Gasteiger partial charge in [-0.15, -0.1) is 11.3 Å². The van der Waals surface area contributed by atoms with Gasteiger partial charge in [-0.1, -0.05) is 6.92 Å². The summed E-state index contributed by atoms with van der Waals surface area (Å²) >= 11 is -0.935. The van der Waals surface area contributed by atoms with Crippen LogP contribution in [0.15, 0.2) is 10.5 Å². The van der Waals surface area contributed by atoms with Crippen LogP contribution in [0.1, 0.15) is 11.8 Å². The van der Waals surface area contributed by atoms with Gasteiger partial charge in [0.25, 0.3) is 0 Å². The zero-order chi connectivity index (χ0) is 7.56. The number of aryl methyl sites for hydroxylation is 1. The van der Waals surface area contributed by atoms with E-state index in [4.69, 9.17) is 0 Å². The maximum Gasteiger partial charge on any atom is 1.00 e. The fourth-order valence-corrected chi connectivity index (χ4v) is 1.84. The number of aromatic nitrogens is 1. The van der Waals surface area contributed by atoms with Crippen molar-refractivity contribution in [3.63, 3.8) is 0 Å². The Kier molecular flexibility index (Phi) is 5.22. The summed E-state index contributed by atoms with van der Waals surface area (Å²) in [6, 6.07) is 0. The Morgan fingerprint density at radius 3 is 2.73 bits per heavy atom. The maximum atomic E-state index is 10.3. The van der Waals surface area contributed by atoms with E-state index in [0.29, 0.717) is 0 Å². The first-order valence-corrected chi connectivity index (χ1v) is 4.67. The fraction of sp³-hybridized carbons (Fsp3) is 0.400. The molecule has 0 amide bonds. The molecule has 0 aromatic carbocycles. The monoisotopic (exact) mass is 183 g/mol. The largest absolute Gasteiger partial charge is 1.00 e. The van der Waals surface area contributed by atoms with E-state index >= 15 is 0 Å². The summed E-state index contributed by atoms with van der Waals surface area (Å²) in [5.41, 5.74) is 0. The predicted molar refractivity (Wildman–Crippen MR) is 38.7 cm³/mol. The molecule has 0 aliphatic carbocycles. The van der Waals surface area contributed by atoms with Gasteiger partial charge in [-0.3, -0.25) is 4.21 Å². The second kappa shape index (κ2) is 5.07. The van der Waals surface area contributed by atoms with Crippen molar-refractivity contribution in [2.45, 2.75) is 17.7 Å². The van der Waals surface area contributed by atoms with Crippen molar-refractivity contribution in [3.05, 3.63) is 11.1 Å². The average molecular weight is 183 g/mol. The maximum absolute atomic E-state index is 10.3. The van der Waals surface area contributed by atoms with Crippen LogP contribution in [0.2, 0.25) is 0 Å². The van der Waals surface area contributed by atoms with Crippen LogP contribution >= 0.6 is 11.3 Å². The minimum atomic E-state index is -2.15. The van der Waals surface area contributed by atoms with Crippen LogP contribution in [0, 0.1) is 0 Å². The molecule has 0 saturated carbocycles. The summed E-state index contributed by atoms with van der Waals surface area (Å²) in [6.45, 7) is 1.96. The van der Waals surface area contributed by atoms with E-state index < -0.39 is 11.1 Å². The summed E-state index contributed by atoms with van der Waals surface area (Å²) < 4.78 is 20.7. The average Bonchev–Trinajstić information content (AvgIpc) is 2.34. The summed E-state index contributed by atoms with van der Waals surface area (Å²) in [5, 5.41) is 0. The van der Waals surface area contributed by atoms with Gasteiger partial charge in [-0.25, -0.2) is 4.98 Å². The molecule has 11 heavy (non-hydrogen) atoms. The summed E-state index contributed by atoms with van der Waals surface area (Å²) in [4.78, 5) is 4.69. The molecule has 1 aromatic heterocycles. The molecule has 0 aliphatic heterocycles. The third kappa shape index (κ3) is 3.05. The first-order valence-electron chi connectivity index (χ1n) is 2.78. The van der Waals surface area contributed by atoms with Gasteiger partial charge in [0.2, 0.25) is 0 Å². The van der Waals surface area contributed by atoms with E-state index in [-0.39, 0.29) is 23.2 Å². The Balaban J connectivity index is 0.000001000. The van der Waals surface area contributed by atoms with E-state index in [0.717, 1.165) is 11.3 Å². The van der Waals surface area contributed by atoms with Gasteiger partial charge in [0.1, 0.15) is 0 Å². The molecule has 1 aromatic rings. The van der Waals surface area contributed by atoms with Crippen molar-refractivity contribution in [2.24, 2.45) is 0 Å². The van der Waals surface area contributed by atoms with Gasteiger partial charge >= 0.3 is 18.9 Å². The van der Waals surface area contributed by atoms with Crippen LogP contribution in [0.5, 0.6) is 0 Å². The van der Waals surface area contributed by atoms with Crippen molar-refractivity contribution in [3.8, 4) is 0 Å². The summed E-state index contributed by atoms with van der Waals surface area (Å²) in [5.74, 6) is 0. The third-order valence-corrected chi connectivity index (χ3v) is 3.01. The molecule has 1 rings (SSSR count). The molecule has 0 saturated heterocycles. The van der Waals surface area contributed by atoms with Crippen LogP contribution in [0.3, 0.4) is 0 Å². The van der Waals surface area contributed by atoms with Gasteiger partial charge in [0.05, 0.1) is 0 Å². The Labute approximate surface area is 83.7 Å². The molecule has 1 atom stereocenters. The number of thiazole rings is 1. The second-order valence-electron chi connectivity index (χ2n) is 1.68. The zero-order valence-electron chi connectivity index (χ0n) is 6.36. The molecule has 0 fully saturated rings. The molecule has 0 bridgehead atoms. The Morgan fingerprint density at radius 1 is 1.82 bits per heavy atom. The van der Waals surface area contributed by atoms with Gasteiger partial charge < -0.3 is 4.55 Å². The Hall–Kier alpha value is 0.337. The molecule has 3 nitrogen and oxygen atoms in total. The van der Waals surface area contributed by atoms with Crippen molar-refractivity contribution < 1.29 is 27.6 Å². The molecular weight excluding hydrogens is 177 g/mol. The molecule has 6 heteroatoms. The van der Waals surface area contributed by atoms with E-state index in [9.17, 15) is 8.76 Å². The fourth-order valence-electron chi connectivity index (χ4n) is 0.530. The molecular formula is C5H6LiNO2S2. The zero-order valence-corrected chi connectivity index (χ0v) is 8.00. The van der Waals surface area contributed by atoms with Crippen molar-refractivity contribution in [1.82, 2.24) is 4.98 Å². The first-order chi connectivity index (χ1) is 4.74. The topological polar surface area (TPSA) is 53.0 Å². The molecule has 1 heterocycles. The Morgan fingerprint density at radius 2 is 2.45 bits per heavy atom. The molecule has 56 valence electrons. The van der Waals surface area contributed by atoms with E-state index in [2.05, 4.69) is 4.98 Å². The summed E-state index contributed by atoms with van der Waals surface area (Å²) in [7, 11) is 0. The van der Waals surface area contributed by atoms with Crippen LogP contribution in [0.4, 0.5) is 0 Å². The minimum absolute atomic E-state index is 0. The SMILES string of the molecule is CCc1cnc(S(=O)[O-])s1.[Li+]. The molecule has 0 aliphatic rings. The van der Waals surface area contributed by atoms with E-state index in [1.165, 1.54) is 11.3 Å². The number of rotatable bonds is 2.